The predicted molar refractivity (Wildman–Crippen MR) is 63.6 cm³/mol. The van der Waals surface area contributed by atoms with Crippen LogP contribution in [0.2, 0.25) is 0 Å². The lowest BCUT2D eigenvalue weighted by Gasteiger charge is -2.16. The second-order valence-corrected chi connectivity index (χ2v) is 4.33. The molecule has 1 heterocycles. The second-order valence-electron chi connectivity index (χ2n) is 4.33. The molecule has 1 fully saturated rings. The Morgan fingerprint density at radius 2 is 2.22 bits per heavy atom. The quantitative estimate of drug-likeness (QED) is 0.809. The average Bonchev–Trinajstić information content (AvgIpc) is 2.73. The average molecular weight is 249 g/mol. The molecule has 1 unspecified atom stereocenters. The number of para-hydroxylation sites is 1. The van der Waals surface area contributed by atoms with E-state index in [0.29, 0.717) is 18.7 Å². The minimum Gasteiger partial charge on any atom is -0.508 e. The molecule has 1 aromatic rings. The Morgan fingerprint density at radius 1 is 1.50 bits per heavy atom. The number of amides is 1. The van der Waals surface area contributed by atoms with Gasteiger partial charge in [0.25, 0.3) is 0 Å². The molecule has 5 heteroatoms. The SMILES string of the molecule is COC(=O)C1CC(=O)N(Cc2ccccc2O)C1. The lowest BCUT2D eigenvalue weighted by molar-refractivity contribution is -0.145. The van der Waals surface area contributed by atoms with E-state index in [1.54, 1.807) is 29.2 Å². The molecule has 0 radical (unpaired) electrons. The highest BCUT2D eigenvalue weighted by Crippen LogP contribution is 2.24. The molecule has 1 aliphatic rings. The fourth-order valence-corrected chi connectivity index (χ4v) is 2.10. The lowest BCUT2D eigenvalue weighted by atomic mass is 10.1. The molecule has 1 saturated heterocycles. The zero-order chi connectivity index (χ0) is 13.1. The van der Waals surface area contributed by atoms with Gasteiger partial charge >= 0.3 is 5.97 Å². The van der Waals surface area contributed by atoms with Gasteiger partial charge in [-0.3, -0.25) is 9.59 Å². The Kier molecular flexibility index (Phi) is 3.50. The number of esters is 1. The number of nitrogens with zero attached hydrogens (tertiary/aromatic N) is 1. The Morgan fingerprint density at radius 3 is 2.89 bits per heavy atom. The number of methoxy groups -OCH3 is 1. The van der Waals surface area contributed by atoms with Crippen LogP contribution in [0.15, 0.2) is 24.3 Å². The van der Waals surface area contributed by atoms with E-state index < -0.39 is 5.92 Å². The van der Waals surface area contributed by atoms with E-state index in [9.17, 15) is 14.7 Å². The number of carbonyl (C=O) groups excluding carboxylic acids is 2. The second kappa shape index (κ2) is 5.08. The van der Waals surface area contributed by atoms with Crippen molar-refractivity contribution in [2.45, 2.75) is 13.0 Å². The van der Waals surface area contributed by atoms with Crippen molar-refractivity contribution in [3.05, 3.63) is 29.8 Å². The number of carbonyl (C=O) groups is 2. The van der Waals surface area contributed by atoms with Gasteiger partial charge in [0.05, 0.1) is 13.0 Å². The maximum absolute atomic E-state index is 11.8. The van der Waals surface area contributed by atoms with Crippen LogP contribution < -0.4 is 0 Å². The number of ether oxygens (including phenoxy) is 1. The number of likely N-dealkylation sites (tertiary alicyclic amines) is 1. The molecule has 0 aliphatic carbocycles. The van der Waals surface area contributed by atoms with Crippen molar-refractivity contribution in [2.75, 3.05) is 13.7 Å². The number of aromatic hydroxyl groups is 1. The van der Waals surface area contributed by atoms with Gasteiger partial charge in [-0.2, -0.15) is 0 Å². The van der Waals surface area contributed by atoms with Crippen molar-refractivity contribution in [2.24, 2.45) is 5.92 Å². The normalized spacial score (nSPS) is 19.1. The highest BCUT2D eigenvalue weighted by molar-refractivity contribution is 5.86. The van der Waals surface area contributed by atoms with Gasteiger partial charge in [-0.05, 0) is 6.07 Å². The minimum absolute atomic E-state index is 0.0892. The maximum atomic E-state index is 11.8. The highest BCUT2D eigenvalue weighted by Gasteiger charge is 2.35. The Balaban J connectivity index is 2.05. The Labute approximate surface area is 105 Å². The van der Waals surface area contributed by atoms with Crippen molar-refractivity contribution in [1.82, 2.24) is 4.90 Å². The fourth-order valence-electron chi connectivity index (χ4n) is 2.10. The van der Waals surface area contributed by atoms with Crippen molar-refractivity contribution in [3.63, 3.8) is 0 Å². The fraction of sp³-hybridized carbons (Fsp3) is 0.385. The van der Waals surface area contributed by atoms with Crippen molar-refractivity contribution in [1.29, 1.82) is 0 Å². The van der Waals surface area contributed by atoms with Gasteiger partial charge in [0.2, 0.25) is 5.91 Å². The van der Waals surface area contributed by atoms with Crippen molar-refractivity contribution in [3.8, 4) is 5.75 Å². The monoisotopic (exact) mass is 249 g/mol. The first kappa shape index (κ1) is 12.4. The van der Waals surface area contributed by atoms with Crippen LogP contribution in [0.25, 0.3) is 0 Å². The summed E-state index contributed by atoms with van der Waals surface area (Å²) in [5.41, 5.74) is 0.677. The van der Waals surface area contributed by atoms with E-state index in [-0.39, 0.29) is 24.0 Å². The number of hydrogen-bond donors (Lipinski definition) is 1. The molecular formula is C13H15NO4. The zero-order valence-electron chi connectivity index (χ0n) is 10.1. The summed E-state index contributed by atoms with van der Waals surface area (Å²) in [4.78, 5) is 24.7. The molecule has 1 aliphatic heterocycles. The topological polar surface area (TPSA) is 66.8 Å². The molecule has 1 atom stereocenters. The van der Waals surface area contributed by atoms with E-state index in [2.05, 4.69) is 4.74 Å². The van der Waals surface area contributed by atoms with Crippen LogP contribution in [0.5, 0.6) is 5.75 Å². The zero-order valence-corrected chi connectivity index (χ0v) is 10.1. The summed E-state index contributed by atoms with van der Waals surface area (Å²) >= 11 is 0. The molecular weight excluding hydrogens is 234 g/mol. The maximum Gasteiger partial charge on any atom is 0.310 e. The first-order chi connectivity index (χ1) is 8.61. The summed E-state index contributed by atoms with van der Waals surface area (Å²) in [6, 6.07) is 6.86. The van der Waals surface area contributed by atoms with E-state index in [1.165, 1.54) is 7.11 Å². The molecule has 18 heavy (non-hydrogen) atoms. The van der Waals surface area contributed by atoms with Crippen LogP contribution in [-0.2, 0) is 20.9 Å². The van der Waals surface area contributed by atoms with E-state index >= 15 is 0 Å². The summed E-state index contributed by atoms with van der Waals surface area (Å²) in [6.45, 7) is 0.666. The molecule has 1 N–H and O–H groups in total. The summed E-state index contributed by atoms with van der Waals surface area (Å²) in [6.07, 6.45) is 0.181. The standard InChI is InChI=1S/C13H15NO4/c1-18-13(17)10-6-12(16)14(8-10)7-9-4-2-3-5-11(9)15/h2-5,10,15H,6-8H2,1H3. The first-order valence-corrected chi connectivity index (χ1v) is 5.74. The molecule has 0 aromatic heterocycles. The summed E-state index contributed by atoms with van der Waals surface area (Å²) < 4.78 is 4.64. The van der Waals surface area contributed by atoms with E-state index in [1.807, 2.05) is 0 Å². The van der Waals surface area contributed by atoms with Crippen LogP contribution in [-0.4, -0.2) is 35.5 Å². The van der Waals surface area contributed by atoms with Crippen LogP contribution in [0, 0.1) is 5.92 Å². The number of hydrogen-bond acceptors (Lipinski definition) is 4. The first-order valence-electron chi connectivity index (χ1n) is 5.74. The predicted octanol–water partition coefficient (Wildman–Crippen LogP) is 0.914. The molecule has 0 spiro atoms. The third kappa shape index (κ3) is 2.45. The van der Waals surface area contributed by atoms with Crippen LogP contribution in [0.4, 0.5) is 0 Å². The van der Waals surface area contributed by atoms with Gasteiger partial charge in [-0.1, -0.05) is 18.2 Å². The van der Waals surface area contributed by atoms with Gasteiger partial charge in [0.1, 0.15) is 5.75 Å². The van der Waals surface area contributed by atoms with Crippen molar-refractivity contribution < 1.29 is 19.4 Å². The molecule has 5 nitrogen and oxygen atoms in total. The third-order valence-corrected chi connectivity index (χ3v) is 3.10. The molecule has 96 valence electrons. The summed E-state index contributed by atoms with van der Waals surface area (Å²) in [5, 5.41) is 9.65. The number of rotatable bonds is 3. The molecule has 0 bridgehead atoms. The number of phenolic OH excluding ortho intramolecular Hbond substituents is 1. The van der Waals surface area contributed by atoms with Gasteiger partial charge in [0.15, 0.2) is 0 Å². The molecule has 1 amide bonds. The smallest absolute Gasteiger partial charge is 0.310 e. The largest absolute Gasteiger partial charge is 0.508 e. The third-order valence-electron chi connectivity index (χ3n) is 3.10. The lowest BCUT2D eigenvalue weighted by Crippen LogP contribution is -2.26. The van der Waals surface area contributed by atoms with Crippen LogP contribution in [0.1, 0.15) is 12.0 Å². The van der Waals surface area contributed by atoms with Gasteiger partial charge < -0.3 is 14.7 Å². The number of benzene rings is 1. The van der Waals surface area contributed by atoms with Crippen LogP contribution in [0.3, 0.4) is 0 Å². The highest BCUT2D eigenvalue weighted by atomic mass is 16.5. The van der Waals surface area contributed by atoms with Crippen LogP contribution >= 0.6 is 0 Å². The molecule has 2 rings (SSSR count). The molecule has 0 saturated carbocycles. The van der Waals surface area contributed by atoms with Crippen molar-refractivity contribution >= 4 is 11.9 Å². The van der Waals surface area contributed by atoms with Gasteiger partial charge in [0, 0.05) is 25.1 Å². The number of phenols is 1. The van der Waals surface area contributed by atoms with Gasteiger partial charge in [-0.15, -0.1) is 0 Å². The Bertz CT molecular complexity index is 472. The Hall–Kier alpha value is -2.04. The van der Waals surface area contributed by atoms with E-state index in [4.69, 9.17) is 0 Å². The minimum atomic E-state index is -0.395. The van der Waals surface area contributed by atoms with Gasteiger partial charge in [-0.25, -0.2) is 0 Å². The van der Waals surface area contributed by atoms with E-state index in [0.717, 1.165) is 0 Å². The summed E-state index contributed by atoms with van der Waals surface area (Å²) in [5.74, 6) is -0.683. The summed E-state index contributed by atoms with van der Waals surface area (Å²) in [7, 11) is 1.32. The molecule has 1 aromatic carbocycles.